The fraction of sp³-hybridized carbons (Fsp3) is 0.933. The zero-order valence-electron chi connectivity index (χ0n) is 12.3. The van der Waals surface area contributed by atoms with Crippen LogP contribution in [0.4, 0.5) is 0 Å². The van der Waals surface area contributed by atoms with Crippen molar-refractivity contribution in [2.45, 2.75) is 31.8 Å². The minimum atomic E-state index is 0.0217. The Labute approximate surface area is 120 Å². The standard InChI is InChI=1S/C15H25NO4/c1-18-11-15-5-9-20-13(15)2-6-16(10-15)14(17)12-3-7-19-8-4-12/h12-13H,2-11H2,1H3/t13-,15+/m0/s1. The number of carbonyl (C=O) groups is 1. The lowest BCUT2D eigenvalue weighted by molar-refractivity contribution is -0.146. The zero-order valence-corrected chi connectivity index (χ0v) is 12.3. The van der Waals surface area contributed by atoms with Crippen LogP contribution < -0.4 is 0 Å². The summed E-state index contributed by atoms with van der Waals surface area (Å²) in [5.41, 5.74) is 0.0217. The van der Waals surface area contributed by atoms with Crippen molar-refractivity contribution in [1.29, 1.82) is 0 Å². The second kappa shape index (κ2) is 6.00. The highest BCUT2D eigenvalue weighted by atomic mass is 16.5. The maximum Gasteiger partial charge on any atom is 0.225 e. The molecule has 1 amide bonds. The van der Waals surface area contributed by atoms with Crippen LogP contribution in [0.2, 0.25) is 0 Å². The van der Waals surface area contributed by atoms with Gasteiger partial charge in [0.25, 0.3) is 0 Å². The summed E-state index contributed by atoms with van der Waals surface area (Å²) in [5.74, 6) is 0.469. The highest BCUT2D eigenvalue weighted by Crippen LogP contribution is 2.41. The highest BCUT2D eigenvalue weighted by Gasteiger charge is 2.49. The second-order valence-electron chi connectivity index (χ2n) is 6.34. The normalized spacial score (nSPS) is 35.0. The SMILES string of the molecule is COC[C@]12CCO[C@H]1CCN(C(=O)C1CCOCC1)C2. The molecule has 5 heteroatoms. The first-order chi connectivity index (χ1) is 9.75. The average Bonchev–Trinajstić information content (AvgIpc) is 2.90. The van der Waals surface area contributed by atoms with Crippen LogP contribution in [0.25, 0.3) is 0 Å². The third-order valence-corrected chi connectivity index (χ3v) is 5.08. The minimum Gasteiger partial charge on any atom is -0.384 e. The number of nitrogens with zero attached hydrogens (tertiary/aromatic N) is 1. The van der Waals surface area contributed by atoms with E-state index in [0.29, 0.717) is 12.5 Å². The first-order valence-electron chi connectivity index (χ1n) is 7.72. The Morgan fingerprint density at radius 2 is 2.10 bits per heavy atom. The van der Waals surface area contributed by atoms with Gasteiger partial charge in [0.2, 0.25) is 5.91 Å². The first kappa shape index (κ1) is 14.3. The molecule has 0 aromatic heterocycles. The van der Waals surface area contributed by atoms with Crippen molar-refractivity contribution in [2.75, 3.05) is 46.6 Å². The van der Waals surface area contributed by atoms with Gasteiger partial charge in [-0.2, -0.15) is 0 Å². The summed E-state index contributed by atoms with van der Waals surface area (Å²) in [4.78, 5) is 14.7. The molecule has 114 valence electrons. The molecular formula is C15H25NO4. The van der Waals surface area contributed by atoms with Crippen LogP contribution in [0.3, 0.4) is 0 Å². The van der Waals surface area contributed by atoms with Crippen LogP contribution in [0.5, 0.6) is 0 Å². The van der Waals surface area contributed by atoms with Crippen molar-refractivity contribution >= 4 is 5.91 Å². The summed E-state index contributed by atoms with van der Waals surface area (Å²) < 4.78 is 16.6. The number of hydrogen-bond acceptors (Lipinski definition) is 4. The van der Waals surface area contributed by atoms with E-state index >= 15 is 0 Å². The van der Waals surface area contributed by atoms with Crippen molar-refractivity contribution in [1.82, 2.24) is 4.90 Å². The lowest BCUT2D eigenvalue weighted by Gasteiger charge is -2.44. The molecular weight excluding hydrogens is 258 g/mol. The number of piperidine rings is 1. The molecule has 2 atom stereocenters. The van der Waals surface area contributed by atoms with E-state index in [1.54, 1.807) is 7.11 Å². The van der Waals surface area contributed by atoms with E-state index in [2.05, 4.69) is 4.90 Å². The molecule has 0 radical (unpaired) electrons. The van der Waals surface area contributed by atoms with Crippen LogP contribution >= 0.6 is 0 Å². The van der Waals surface area contributed by atoms with Gasteiger partial charge < -0.3 is 19.1 Å². The zero-order chi connectivity index (χ0) is 14.0. The van der Waals surface area contributed by atoms with Crippen molar-refractivity contribution in [2.24, 2.45) is 11.3 Å². The Morgan fingerprint density at radius 1 is 1.30 bits per heavy atom. The van der Waals surface area contributed by atoms with Crippen LogP contribution in [0.15, 0.2) is 0 Å². The molecule has 3 heterocycles. The molecule has 0 N–H and O–H groups in total. The van der Waals surface area contributed by atoms with Crippen LogP contribution in [0, 0.1) is 11.3 Å². The van der Waals surface area contributed by atoms with Crippen LogP contribution in [-0.2, 0) is 19.0 Å². The van der Waals surface area contributed by atoms with Gasteiger partial charge in [-0.1, -0.05) is 0 Å². The molecule has 3 aliphatic heterocycles. The largest absolute Gasteiger partial charge is 0.384 e. The number of ether oxygens (including phenoxy) is 3. The van der Waals surface area contributed by atoms with Gasteiger partial charge in [0.05, 0.1) is 12.7 Å². The Balaban J connectivity index is 1.67. The number of hydrogen-bond donors (Lipinski definition) is 0. The lowest BCUT2D eigenvalue weighted by Crippen LogP contribution is -2.55. The number of amides is 1. The maximum absolute atomic E-state index is 12.7. The molecule has 5 nitrogen and oxygen atoms in total. The van der Waals surface area contributed by atoms with Gasteiger partial charge in [-0.05, 0) is 25.7 Å². The fourth-order valence-corrected chi connectivity index (χ4v) is 3.93. The van der Waals surface area contributed by atoms with Crippen LogP contribution in [0.1, 0.15) is 25.7 Å². The number of fused-ring (bicyclic) bond motifs is 1. The van der Waals surface area contributed by atoms with Gasteiger partial charge in [0.1, 0.15) is 0 Å². The summed E-state index contributed by atoms with van der Waals surface area (Å²) >= 11 is 0. The maximum atomic E-state index is 12.7. The number of methoxy groups -OCH3 is 1. The van der Waals surface area contributed by atoms with Crippen molar-refractivity contribution < 1.29 is 19.0 Å². The van der Waals surface area contributed by atoms with E-state index in [4.69, 9.17) is 14.2 Å². The fourth-order valence-electron chi connectivity index (χ4n) is 3.93. The van der Waals surface area contributed by atoms with Gasteiger partial charge in [0.15, 0.2) is 0 Å². The minimum absolute atomic E-state index is 0.0217. The molecule has 0 aliphatic carbocycles. The summed E-state index contributed by atoms with van der Waals surface area (Å²) in [6.45, 7) is 4.55. The lowest BCUT2D eigenvalue weighted by atomic mass is 9.77. The van der Waals surface area contributed by atoms with E-state index in [1.807, 2.05) is 0 Å². The Morgan fingerprint density at radius 3 is 2.85 bits per heavy atom. The average molecular weight is 283 g/mol. The molecule has 3 rings (SSSR count). The summed E-state index contributed by atoms with van der Waals surface area (Å²) in [7, 11) is 1.74. The van der Waals surface area contributed by atoms with Gasteiger partial charge in [-0.15, -0.1) is 0 Å². The Hall–Kier alpha value is -0.650. The quantitative estimate of drug-likeness (QED) is 0.777. The molecule has 0 spiro atoms. The molecule has 0 aromatic carbocycles. The smallest absolute Gasteiger partial charge is 0.225 e. The van der Waals surface area contributed by atoms with E-state index < -0.39 is 0 Å². The molecule has 0 saturated carbocycles. The molecule has 3 aliphatic rings. The molecule has 3 fully saturated rings. The third-order valence-electron chi connectivity index (χ3n) is 5.08. The predicted molar refractivity (Wildman–Crippen MR) is 73.4 cm³/mol. The van der Waals surface area contributed by atoms with Gasteiger partial charge in [0, 0.05) is 51.4 Å². The van der Waals surface area contributed by atoms with Gasteiger partial charge >= 0.3 is 0 Å². The van der Waals surface area contributed by atoms with Crippen molar-refractivity contribution in [3.63, 3.8) is 0 Å². The van der Waals surface area contributed by atoms with Crippen molar-refractivity contribution in [3.05, 3.63) is 0 Å². The number of likely N-dealkylation sites (tertiary alicyclic amines) is 1. The van der Waals surface area contributed by atoms with E-state index in [9.17, 15) is 4.79 Å². The molecule has 20 heavy (non-hydrogen) atoms. The number of carbonyl (C=O) groups excluding carboxylic acids is 1. The van der Waals surface area contributed by atoms with Crippen LogP contribution in [-0.4, -0.2) is 63.5 Å². The van der Waals surface area contributed by atoms with E-state index in [0.717, 1.165) is 58.6 Å². The van der Waals surface area contributed by atoms with Crippen molar-refractivity contribution in [3.8, 4) is 0 Å². The molecule has 0 bridgehead atoms. The molecule has 3 saturated heterocycles. The Kier molecular flexibility index (Phi) is 4.29. The predicted octanol–water partition coefficient (Wildman–Crippen LogP) is 1.07. The Bertz CT molecular complexity index is 356. The third kappa shape index (κ3) is 2.59. The summed E-state index contributed by atoms with van der Waals surface area (Å²) in [6.07, 6.45) is 3.95. The topological polar surface area (TPSA) is 48.0 Å². The van der Waals surface area contributed by atoms with E-state index in [-0.39, 0.29) is 17.4 Å². The molecule has 0 unspecified atom stereocenters. The molecule has 0 aromatic rings. The summed E-state index contributed by atoms with van der Waals surface area (Å²) in [6, 6.07) is 0. The van der Waals surface area contributed by atoms with Gasteiger partial charge in [-0.25, -0.2) is 0 Å². The second-order valence-corrected chi connectivity index (χ2v) is 6.34. The summed E-state index contributed by atoms with van der Waals surface area (Å²) in [5, 5.41) is 0. The first-order valence-corrected chi connectivity index (χ1v) is 7.72. The highest BCUT2D eigenvalue weighted by molar-refractivity contribution is 5.79. The number of rotatable bonds is 3. The van der Waals surface area contributed by atoms with E-state index in [1.165, 1.54) is 0 Å². The monoisotopic (exact) mass is 283 g/mol. The van der Waals surface area contributed by atoms with Gasteiger partial charge in [-0.3, -0.25) is 4.79 Å².